The van der Waals surface area contributed by atoms with Crippen LogP contribution in [0.4, 0.5) is 5.69 Å². The molecule has 1 heterocycles. The first-order chi connectivity index (χ1) is 8.60. The molecule has 0 fully saturated rings. The number of anilines is 1. The van der Waals surface area contributed by atoms with Gasteiger partial charge in [-0.1, -0.05) is 13.0 Å². The van der Waals surface area contributed by atoms with Crippen molar-refractivity contribution >= 4 is 22.9 Å². The summed E-state index contributed by atoms with van der Waals surface area (Å²) in [7, 11) is 0. The van der Waals surface area contributed by atoms with Gasteiger partial charge < -0.3 is 10.4 Å². The Balaban J connectivity index is 2.16. The molecule has 0 unspecified atom stereocenters. The number of aryl methyl sites for hydroxylation is 2. The molecule has 0 saturated heterocycles. The monoisotopic (exact) mass is 261 g/mol. The SMILES string of the molecule is CCc1sc(C(=O)Nc2cccc(O)c2)cc1C. The predicted molar refractivity (Wildman–Crippen MR) is 74.5 cm³/mol. The van der Waals surface area contributed by atoms with Crippen molar-refractivity contribution in [3.05, 3.63) is 45.6 Å². The lowest BCUT2D eigenvalue weighted by atomic mass is 10.2. The molecule has 0 atom stereocenters. The zero-order valence-corrected chi connectivity index (χ0v) is 11.2. The summed E-state index contributed by atoms with van der Waals surface area (Å²) < 4.78 is 0. The first-order valence-electron chi connectivity index (χ1n) is 5.80. The third-order valence-electron chi connectivity index (χ3n) is 2.67. The van der Waals surface area contributed by atoms with E-state index in [-0.39, 0.29) is 11.7 Å². The van der Waals surface area contributed by atoms with Gasteiger partial charge in [0.05, 0.1) is 4.88 Å². The van der Waals surface area contributed by atoms with Gasteiger partial charge in [-0.2, -0.15) is 0 Å². The molecule has 1 aromatic carbocycles. The van der Waals surface area contributed by atoms with Gasteiger partial charge in [0.1, 0.15) is 5.75 Å². The molecule has 0 saturated carbocycles. The number of carbonyl (C=O) groups excluding carboxylic acids is 1. The largest absolute Gasteiger partial charge is 0.508 e. The highest BCUT2D eigenvalue weighted by Crippen LogP contribution is 2.24. The van der Waals surface area contributed by atoms with Gasteiger partial charge in [0.25, 0.3) is 5.91 Å². The maximum atomic E-state index is 12.0. The zero-order valence-electron chi connectivity index (χ0n) is 10.4. The molecule has 1 amide bonds. The molecule has 0 radical (unpaired) electrons. The first-order valence-corrected chi connectivity index (χ1v) is 6.61. The molecule has 0 aliphatic carbocycles. The summed E-state index contributed by atoms with van der Waals surface area (Å²) in [6.07, 6.45) is 0.940. The summed E-state index contributed by atoms with van der Waals surface area (Å²) in [5, 5.41) is 12.1. The van der Waals surface area contributed by atoms with Gasteiger partial charge in [-0.05, 0) is 37.1 Å². The maximum Gasteiger partial charge on any atom is 0.265 e. The number of rotatable bonds is 3. The molecule has 94 valence electrons. The molecule has 2 N–H and O–H groups in total. The molecule has 0 spiro atoms. The van der Waals surface area contributed by atoms with Crippen molar-refractivity contribution in [1.82, 2.24) is 0 Å². The lowest BCUT2D eigenvalue weighted by Crippen LogP contribution is -2.09. The van der Waals surface area contributed by atoms with Gasteiger partial charge in [-0.25, -0.2) is 0 Å². The van der Waals surface area contributed by atoms with E-state index in [1.54, 1.807) is 18.2 Å². The van der Waals surface area contributed by atoms with Crippen LogP contribution in [0.5, 0.6) is 5.75 Å². The molecule has 0 aliphatic heterocycles. The number of phenolic OH excluding ortho intramolecular Hbond substituents is 1. The van der Waals surface area contributed by atoms with Gasteiger partial charge in [0.15, 0.2) is 0 Å². The van der Waals surface area contributed by atoms with E-state index in [4.69, 9.17) is 0 Å². The Morgan fingerprint density at radius 3 is 2.78 bits per heavy atom. The van der Waals surface area contributed by atoms with Crippen LogP contribution in [-0.4, -0.2) is 11.0 Å². The standard InChI is InChI=1S/C14H15NO2S/c1-3-12-9(2)7-13(18-12)14(17)15-10-5-4-6-11(16)8-10/h4-8,16H,3H2,1-2H3,(H,15,17). The Kier molecular flexibility index (Phi) is 3.67. The fraction of sp³-hybridized carbons (Fsp3) is 0.214. The smallest absolute Gasteiger partial charge is 0.265 e. The Bertz CT molecular complexity index is 575. The summed E-state index contributed by atoms with van der Waals surface area (Å²) in [4.78, 5) is 14.0. The number of carbonyl (C=O) groups is 1. The van der Waals surface area contributed by atoms with Crippen LogP contribution in [-0.2, 0) is 6.42 Å². The predicted octanol–water partition coefficient (Wildman–Crippen LogP) is 3.58. The number of thiophene rings is 1. The van der Waals surface area contributed by atoms with Crippen LogP contribution < -0.4 is 5.32 Å². The molecule has 1 aromatic heterocycles. The quantitative estimate of drug-likeness (QED) is 0.887. The summed E-state index contributed by atoms with van der Waals surface area (Å²) in [6.45, 7) is 4.09. The average Bonchev–Trinajstić information content (AvgIpc) is 2.70. The summed E-state index contributed by atoms with van der Waals surface area (Å²) in [5.74, 6) is 0.0119. The number of aromatic hydroxyl groups is 1. The van der Waals surface area contributed by atoms with Gasteiger partial charge in [0.2, 0.25) is 0 Å². The lowest BCUT2D eigenvalue weighted by molar-refractivity contribution is 0.103. The van der Waals surface area contributed by atoms with Crippen LogP contribution in [0.1, 0.15) is 27.0 Å². The molecule has 0 aliphatic rings. The third-order valence-corrected chi connectivity index (χ3v) is 4.05. The van der Waals surface area contributed by atoms with Gasteiger partial charge in [-0.3, -0.25) is 4.79 Å². The van der Waals surface area contributed by atoms with Crippen molar-refractivity contribution in [1.29, 1.82) is 0 Å². The fourth-order valence-electron chi connectivity index (χ4n) is 1.76. The van der Waals surface area contributed by atoms with Crippen molar-refractivity contribution in [2.45, 2.75) is 20.3 Å². The van der Waals surface area contributed by atoms with Crippen molar-refractivity contribution < 1.29 is 9.90 Å². The average molecular weight is 261 g/mol. The normalized spacial score (nSPS) is 10.3. The van der Waals surface area contributed by atoms with E-state index in [1.165, 1.54) is 22.3 Å². The Morgan fingerprint density at radius 1 is 1.39 bits per heavy atom. The highest BCUT2D eigenvalue weighted by Gasteiger charge is 2.11. The number of benzene rings is 1. The van der Waals surface area contributed by atoms with Crippen LogP contribution in [0.3, 0.4) is 0 Å². The second-order valence-corrected chi connectivity index (χ2v) is 5.21. The van der Waals surface area contributed by atoms with E-state index in [9.17, 15) is 9.90 Å². The minimum Gasteiger partial charge on any atom is -0.508 e. The number of hydrogen-bond donors (Lipinski definition) is 2. The van der Waals surface area contributed by atoms with E-state index >= 15 is 0 Å². The number of nitrogens with one attached hydrogen (secondary N) is 1. The van der Waals surface area contributed by atoms with Crippen LogP contribution in [0.15, 0.2) is 30.3 Å². The molecule has 2 aromatic rings. The minimum atomic E-state index is -0.131. The van der Waals surface area contributed by atoms with Crippen LogP contribution in [0.25, 0.3) is 0 Å². The zero-order chi connectivity index (χ0) is 13.1. The number of phenols is 1. The minimum absolute atomic E-state index is 0.131. The Morgan fingerprint density at radius 2 is 2.17 bits per heavy atom. The summed E-state index contributed by atoms with van der Waals surface area (Å²) in [6, 6.07) is 8.45. The second kappa shape index (κ2) is 5.23. The van der Waals surface area contributed by atoms with E-state index < -0.39 is 0 Å². The number of hydrogen-bond acceptors (Lipinski definition) is 3. The van der Waals surface area contributed by atoms with Crippen molar-refractivity contribution in [2.24, 2.45) is 0 Å². The van der Waals surface area contributed by atoms with E-state index in [0.29, 0.717) is 10.6 Å². The van der Waals surface area contributed by atoms with Gasteiger partial charge in [0, 0.05) is 16.6 Å². The third kappa shape index (κ3) is 2.71. The summed E-state index contributed by atoms with van der Waals surface area (Å²) in [5.41, 5.74) is 1.76. The highest BCUT2D eigenvalue weighted by atomic mass is 32.1. The Labute approximate surface area is 110 Å². The van der Waals surface area contributed by atoms with Crippen molar-refractivity contribution in [3.8, 4) is 5.75 Å². The lowest BCUT2D eigenvalue weighted by Gasteiger charge is -2.03. The van der Waals surface area contributed by atoms with Gasteiger partial charge >= 0.3 is 0 Å². The van der Waals surface area contributed by atoms with E-state index in [0.717, 1.165) is 12.0 Å². The van der Waals surface area contributed by atoms with Crippen LogP contribution in [0.2, 0.25) is 0 Å². The molecule has 4 heteroatoms. The van der Waals surface area contributed by atoms with Crippen molar-refractivity contribution in [2.75, 3.05) is 5.32 Å². The maximum absolute atomic E-state index is 12.0. The van der Waals surface area contributed by atoms with Gasteiger partial charge in [-0.15, -0.1) is 11.3 Å². The van der Waals surface area contributed by atoms with Crippen LogP contribution >= 0.6 is 11.3 Å². The molecule has 3 nitrogen and oxygen atoms in total. The first kappa shape index (κ1) is 12.6. The second-order valence-electron chi connectivity index (χ2n) is 4.07. The van der Waals surface area contributed by atoms with E-state index in [1.807, 2.05) is 13.0 Å². The molecule has 0 bridgehead atoms. The highest BCUT2D eigenvalue weighted by molar-refractivity contribution is 7.14. The number of amides is 1. The van der Waals surface area contributed by atoms with E-state index in [2.05, 4.69) is 12.2 Å². The molecule has 2 rings (SSSR count). The molecular formula is C14H15NO2S. The summed E-state index contributed by atoms with van der Waals surface area (Å²) >= 11 is 1.52. The topological polar surface area (TPSA) is 49.3 Å². The fourth-order valence-corrected chi connectivity index (χ4v) is 2.77. The molecular weight excluding hydrogens is 246 g/mol. The Hall–Kier alpha value is -1.81. The van der Waals surface area contributed by atoms with Crippen molar-refractivity contribution in [3.63, 3.8) is 0 Å². The molecule has 18 heavy (non-hydrogen) atoms. The van der Waals surface area contributed by atoms with Crippen LogP contribution in [0, 0.1) is 6.92 Å².